The van der Waals surface area contributed by atoms with Crippen molar-refractivity contribution in [3.8, 4) is 0 Å². The van der Waals surface area contributed by atoms with Crippen LogP contribution in [-0.4, -0.2) is 28.0 Å². The van der Waals surface area contributed by atoms with Crippen molar-refractivity contribution >= 4 is 17.7 Å². The minimum absolute atomic E-state index is 0.269. The lowest BCUT2D eigenvalue weighted by Gasteiger charge is -2.09. The number of esters is 1. The molecule has 0 saturated heterocycles. The lowest BCUT2D eigenvalue weighted by molar-refractivity contribution is 0.0513. The van der Waals surface area contributed by atoms with Crippen LogP contribution in [0.1, 0.15) is 44.6 Å². The predicted molar refractivity (Wildman–Crippen MR) is 97.0 cm³/mol. The van der Waals surface area contributed by atoms with Crippen LogP contribution in [0.15, 0.2) is 31.0 Å². The van der Waals surface area contributed by atoms with Gasteiger partial charge in [-0.15, -0.1) is 6.58 Å². The molecule has 1 N–H and O–H groups in total. The molecule has 0 saturated carbocycles. The van der Waals surface area contributed by atoms with Crippen molar-refractivity contribution in [2.75, 3.05) is 11.9 Å². The Morgan fingerprint density at radius 2 is 2.08 bits per heavy atom. The highest BCUT2D eigenvalue weighted by Crippen LogP contribution is 2.24. The lowest BCUT2D eigenvalue weighted by atomic mass is 10.1. The van der Waals surface area contributed by atoms with Crippen molar-refractivity contribution in [2.45, 2.75) is 34.2 Å². The first-order valence-electron chi connectivity index (χ1n) is 8.13. The van der Waals surface area contributed by atoms with Crippen molar-refractivity contribution in [1.82, 2.24) is 9.55 Å². The minimum atomic E-state index is -0.446. The van der Waals surface area contributed by atoms with E-state index in [0.29, 0.717) is 34.9 Å². The maximum Gasteiger partial charge on any atom is 0.355 e. The monoisotopic (exact) mass is 341 g/mol. The fourth-order valence-electron chi connectivity index (χ4n) is 2.84. The molecule has 0 aliphatic heterocycles. The summed E-state index contributed by atoms with van der Waals surface area (Å²) in [6.07, 6.45) is 3.30. The van der Waals surface area contributed by atoms with E-state index >= 15 is 0 Å². The van der Waals surface area contributed by atoms with Crippen molar-refractivity contribution in [3.05, 3.63) is 59.1 Å². The van der Waals surface area contributed by atoms with Gasteiger partial charge >= 0.3 is 5.97 Å². The van der Waals surface area contributed by atoms with Gasteiger partial charge in [-0.05, 0) is 44.9 Å². The van der Waals surface area contributed by atoms with Crippen molar-refractivity contribution < 1.29 is 14.3 Å². The van der Waals surface area contributed by atoms with Crippen LogP contribution in [0.25, 0.3) is 0 Å². The predicted octanol–water partition coefficient (Wildman–Crippen LogP) is 3.42. The molecule has 6 nitrogen and oxygen atoms in total. The molecule has 25 heavy (non-hydrogen) atoms. The first-order chi connectivity index (χ1) is 11.9. The number of hydrogen-bond acceptors (Lipinski definition) is 4. The second-order valence-corrected chi connectivity index (χ2v) is 5.68. The summed E-state index contributed by atoms with van der Waals surface area (Å²) < 4.78 is 6.89. The van der Waals surface area contributed by atoms with Gasteiger partial charge in [0.2, 0.25) is 0 Å². The zero-order chi connectivity index (χ0) is 18.6. The highest BCUT2D eigenvalue weighted by Gasteiger charge is 2.27. The van der Waals surface area contributed by atoms with E-state index in [1.54, 1.807) is 43.7 Å². The Morgan fingerprint density at radius 1 is 1.36 bits per heavy atom. The van der Waals surface area contributed by atoms with Crippen molar-refractivity contribution in [3.63, 3.8) is 0 Å². The Bertz CT molecular complexity index is 822. The first-order valence-corrected chi connectivity index (χ1v) is 8.13. The van der Waals surface area contributed by atoms with E-state index in [1.165, 1.54) is 0 Å². The zero-order valence-electron chi connectivity index (χ0n) is 15.0. The largest absolute Gasteiger partial charge is 0.461 e. The number of amides is 1. The van der Waals surface area contributed by atoms with Gasteiger partial charge in [-0.3, -0.25) is 4.79 Å². The highest BCUT2D eigenvalue weighted by atomic mass is 16.5. The Morgan fingerprint density at radius 3 is 2.68 bits per heavy atom. The molecular weight excluding hydrogens is 318 g/mol. The molecule has 1 amide bonds. The van der Waals surface area contributed by atoms with E-state index in [9.17, 15) is 9.59 Å². The van der Waals surface area contributed by atoms with E-state index in [-0.39, 0.29) is 12.5 Å². The topological polar surface area (TPSA) is 73.2 Å². The summed E-state index contributed by atoms with van der Waals surface area (Å²) in [7, 11) is 0. The Balaban J connectivity index is 2.48. The van der Waals surface area contributed by atoms with E-state index in [2.05, 4.69) is 16.9 Å². The van der Waals surface area contributed by atoms with Gasteiger partial charge in [0.25, 0.3) is 5.91 Å². The number of nitrogens with zero attached hydrogens (tertiary/aromatic N) is 2. The Kier molecular flexibility index (Phi) is 5.75. The van der Waals surface area contributed by atoms with Gasteiger partial charge in [0, 0.05) is 18.4 Å². The van der Waals surface area contributed by atoms with Crippen LogP contribution in [0.5, 0.6) is 0 Å². The van der Waals surface area contributed by atoms with Crippen LogP contribution < -0.4 is 5.32 Å². The second-order valence-electron chi connectivity index (χ2n) is 5.68. The number of carbonyl (C=O) groups excluding carboxylic acids is 2. The standard InChI is InChI=1S/C19H23N3O3/c1-6-11-22-14(5)15(13(4)16(22)19(24)25-7-2)18(23)21-17-12(3)9-8-10-20-17/h6,8-10H,1,7,11H2,2-5H3,(H,20,21,23). The summed E-state index contributed by atoms with van der Waals surface area (Å²) in [6.45, 7) is 11.6. The van der Waals surface area contributed by atoms with E-state index < -0.39 is 5.97 Å². The number of rotatable bonds is 6. The van der Waals surface area contributed by atoms with Crippen LogP contribution in [0, 0.1) is 20.8 Å². The average molecular weight is 341 g/mol. The van der Waals surface area contributed by atoms with E-state index in [1.807, 2.05) is 13.0 Å². The molecule has 0 fully saturated rings. The van der Waals surface area contributed by atoms with Crippen LogP contribution in [-0.2, 0) is 11.3 Å². The third kappa shape index (κ3) is 3.63. The average Bonchev–Trinajstić information content (AvgIpc) is 2.81. The van der Waals surface area contributed by atoms with Crippen LogP contribution >= 0.6 is 0 Å². The molecule has 2 aromatic heterocycles. The molecule has 2 rings (SSSR count). The van der Waals surface area contributed by atoms with Gasteiger partial charge in [-0.25, -0.2) is 9.78 Å². The summed E-state index contributed by atoms with van der Waals surface area (Å²) in [6, 6.07) is 3.68. The molecule has 0 radical (unpaired) electrons. The molecule has 6 heteroatoms. The Hall–Kier alpha value is -2.89. The van der Waals surface area contributed by atoms with Crippen molar-refractivity contribution in [2.24, 2.45) is 0 Å². The van der Waals surface area contributed by atoms with E-state index in [0.717, 1.165) is 5.56 Å². The lowest BCUT2D eigenvalue weighted by Crippen LogP contribution is -2.16. The van der Waals surface area contributed by atoms with Gasteiger partial charge in [-0.1, -0.05) is 12.1 Å². The number of allylic oxidation sites excluding steroid dienone is 1. The van der Waals surface area contributed by atoms with E-state index in [4.69, 9.17) is 4.74 Å². The maximum atomic E-state index is 12.8. The molecule has 132 valence electrons. The van der Waals surface area contributed by atoms with Gasteiger partial charge in [0.05, 0.1) is 12.2 Å². The molecule has 0 aromatic carbocycles. The quantitative estimate of drug-likeness (QED) is 0.645. The summed E-state index contributed by atoms with van der Waals surface area (Å²) in [4.78, 5) is 29.3. The Labute approximate surface area is 147 Å². The van der Waals surface area contributed by atoms with Gasteiger partial charge in [0.1, 0.15) is 11.5 Å². The summed E-state index contributed by atoms with van der Waals surface area (Å²) in [5.41, 5.74) is 2.97. The number of ether oxygens (including phenoxy) is 1. The third-order valence-corrected chi connectivity index (χ3v) is 4.02. The third-order valence-electron chi connectivity index (χ3n) is 4.02. The molecule has 0 atom stereocenters. The molecular formula is C19H23N3O3. The molecule has 0 spiro atoms. The van der Waals surface area contributed by atoms with Crippen LogP contribution in [0.3, 0.4) is 0 Å². The number of hydrogen-bond donors (Lipinski definition) is 1. The fraction of sp³-hybridized carbons (Fsp3) is 0.316. The first kappa shape index (κ1) is 18.4. The number of anilines is 1. The smallest absolute Gasteiger partial charge is 0.355 e. The zero-order valence-corrected chi connectivity index (χ0v) is 15.0. The SMILES string of the molecule is C=CCn1c(C)c(C(=O)Nc2ncccc2C)c(C)c1C(=O)OCC. The minimum Gasteiger partial charge on any atom is -0.461 e. The molecule has 0 unspecified atom stereocenters. The van der Waals surface area contributed by atoms with Crippen molar-refractivity contribution in [1.29, 1.82) is 0 Å². The van der Waals surface area contributed by atoms with Gasteiger partial charge in [-0.2, -0.15) is 0 Å². The van der Waals surface area contributed by atoms with Crippen LogP contribution in [0.2, 0.25) is 0 Å². The molecule has 0 aliphatic rings. The second kappa shape index (κ2) is 7.79. The summed E-state index contributed by atoms with van der Waals surface area (Å²) in [5, 5.41) is 2.82. The van der Waals surface area contributed by atoms with Gasteiger partial charge in [0.15, 0.2) is 0 Å². The summed E-state index contributed by atoms with van der Waals surface area (Å²) in [5.74, 6) is -0.247. The molecule has 2 aromatic rings. The normalized spacial score (nSPS) is 10.4. The number of aromatic nitrogens is 2. The van der Waals surface area contributed by atoms with Gasteiger partial charge < -0.3 is 14.6 Å². The molecule has 0 aliphatic carbocycles. The number of carbonyl (C=O) groups is 2. The number of pyridine rings is 1. The highest BCUT2D eigenvalue weighted by molar-refractivity contribution is 6.08. The van der Waals surface area contributed by atoms with Crippen LogP contribution in [0.4, 0.5) is 5.82 Å². The number of aryl methyl sites for hydroxylation is 1. The maximum absolute atomic E-state index is 12.8. The molecule has 2 heterocycles. The number of nitrogens with one attached hydrogen (secondary N) is 1. The summed E-state index contributed by atoms with van der Waals surface area (Å²) >= 11 is 0. The molecule has 0 bridgehead atoms. The fourth-order valence-corrected chi connectivity index (χ4v) is 2.84.